The first-order valence-corrected chi connectivity index (χ1v) is 21.5. The highest BCUT2D eigenvalue weighted by atomic mass is 28.4. The fourth-order valence-corrected chi connectivity index (χ4v) is 6.22. The maximum Gasteiger partial charge on any atom is 0.250 e. The number of rotatable bonds is 9. The lowest BCUT2D eigenvalue weighted by atomic mass is 10.1. The first kappa shape index (κ1) is 34.1. The first-order valence-electron chi connectivity index (χ1n) is 15.7. The Hall–Kier alpha value is -3.76. The Labute approximate surface area is 271 Å². The first-order chi connectivity index (χ1) is 20.8. The molecular formula is C37H49N3O3Si2. The Bertz CT molecular complexity index is 1620. The van der Waals surface area contributed by atoms with Gasteiger partial charge in [-0.1, -0.05) is 83.5 Å². The molecule has 0 saturated carbocycles. The largest absolute Gasteiger partial charge is 0.544 e. The molecule has 3 aromatic carbocycles. The summed E-state index contributed by atoms with van der Waals surface area (Å²) < 4.78 is 12.9. The van der Waals surface area contributed by atoms with Crippen LogP contribution in [-0.2, 0) is 11.2 Å². The van der Waals surface area contributed by atoms with Crippen LogP contribution in [0.1, 0.15) is 52.7 Å². The Morgan fingerprint density at radius 2 is 1.18 bits per heavy atom. The van der Waals surface area contributed by atoms with Gasteiger partial charge in [-0.2, -0.15) is 0 Å². The van der Waals surface area contributed by atoms with Gasteiger partial charge in [-0.15, -0.1) is 0 Å². The quantitative estimate of drug-likeness (QED) is 0.185. The van der Waals surface area contributed by atoms with E-state index < -0.39 is 16.6 Å². The molecule has 0 spiro atoms. The Balaban J connectivity index is 1.58. The van der Waals surface area contributed by atoms with E-state index in [0.29, 0.717) is 11.5 Å². The van der Waals surface area contributed by atoms with Gasteiger partial charge >= 0.3 is 0 Å². The maximum atomic E-state index is 13.3. The number of nitrogens with zero attached hydrogens (tertiary/aromatic N) is 2. The molecule has 1 amide bonds. The normalized spacial score (nSPS) is 12.5. The summed E-state index contributed by atoms with van der Waals surface area (Å²) in [6.45, 7) is 24.3. The SMILES string of the molecule is Cc1ccc(-c2cnc(NC(=O)Cc3ccc(O[Si](C)(C)C(C)(C)C)cc3)c(-c3ccc(O[Si](C)(C)C(C)(C)C)cc3)n2)cc1. The summed E-state index contributed by atoms with van der Waals surface area (Å²) >= 11 is 0. The Kier molecular flexibility index (Phi) is 9.80. The molecule has 1 N–H and O–H groups in total. The van der Waals surface area contributed by atoms with Crippen molar-refractivity contribution in [2.75, 3.05) is 5.32 Å². The molecule has 0 bridgehead atoms. The van der Waals surface area contributed by atoms with Gasteiger partial charge in [0.25, 0.3) is 0 Å². The number of benzene rings is 3. The summed E-state index contributed by atoms with van der Waals surface area (Å²) in [7, 11) is -3.93. The highest BCUT2D eigenvalue weighted by Gasteiger charge is 2.39. The van der Waals surface area contributed by atoms with E-state index in [1.54, 1.807) is 6.20 Å². The van der Waals surface area contributed by atoms with E-state index in [4.69, 9.17) is 18.8 Å². The summed E-state index contributed by atoms with van der Waals surface area (Å²) in [4.78, 5) is 23.0. The second-order valence-corrected chi connectivity index (χ2v) is 24.4. The van der Waals surface area contributed by atoms with Gasteiger partial charge in [0, 0.05) is 11.1 Å². The second-order valence-electron chi connectivity index (χ2n) is 14.9. The van der Waals surface area contributed by atoms with Crippen molar-refractivity contribution in [2.45, 2.75) is 91.2 Å². The van der Waals surface area contributed by atoms with Crippen molar-refractivity contribution in [3.63, 3.8) is 0 Å². The molecule has 0 saturated heterocycles. The molecule has 45 heavy (non-hydrogen) atoms. The van der Waals surface area contributed by atoms with Crippen LogP contribution in [0, 0.1) is 6.92 Å². The summed E-state index contributed by atoms with van der Waals surface area (Å²) in [5, 5.41) is 3.23. The summed E-state index contributed by atoms with van der Waals surface area (Å²) in [5.41, 5.74) is 5.23. The topological polar surface area (TPSA) is 73.3 Å². The average Bonchev–Trinajstić information content (AvgIpc) is 2.94. The van der Waals surface area contributed by atoms with Gasteiger partial charge in [0.05, 0.1) is 18.3 Å². The Morgan fingerprint density at radius 3 is 1.67 bits per heavy atom. The van der Waals surface area contributed by atoms with Crippen molar-refractivity contribution < 1.29 is 13.6 Å². The van der Waals surface area contributed by atoms with Crippen molar-refractivity contribution in [2.24, 2.45) is 0 Å². The highest BCUT2D eigenvalue weighted by molar-refractivity contribution is 6.75. The lowest BCUT2D eigenvalue weighted by Crippen LogP contribution is -2.43. The predicted octanol–water partition coefficient (Wildman–Crippen LogP) is 10.1. The zero-order valence-electron chi connectivity index (χ0n) is 28.8. The van der Waals surface area contributed by atoms with E-state index in [0.717, 1.165) is 33.9 Å². The number of carbonyl (C=O) groups excluding carboxylic acids is 1. The van der Waals surface area contributed by atoms with Gasteiger partial charge in [-0.05, 0) is 85.1 Å². The van der Waals surface area contributed by atoms with E-state index >= 15 is 0 Å². The highest BCUT2D eigenvalue weighted by Crippen LogP contribution is 2.39. The minimum Gasteiger partial charge on any atom is -0.544 e. The van der Waals surface area contributed by atoms with Crippen LogP contribution in [-0.4, -0.2) is 32.5 Å². The van der Waals surface area contributed by atoms with Crippen molar-refractivity contribution >= 4 is 28.4 Å². The maximum absolute atomic E-state index is 13.3. The number of amides is 1. The number of aromatic nitrogens is 2. The molecule has 0 fully saturated rings. The van der Waals surface area contributed by atoms with Gasteiger partial charge in [0.2, 0.25) is 22.5 Å². The van der Waals surface area contributed by atoms with Crippen LogP contribution in [0.2, 0.25) is 36.3 Å². The fraction of sp³-hybridized carbons (Fsp3) is 0.378. The van der Waals surface area contributed by atoms with Crippen LogP contribution >= 0.6 is 0 Å². The van der Waals surface area contributed by atoms with Gasteiger partial charge in [0.15, 0.2) is 5.82 Å². The lowest BCUT2D eigenvalue weighted by molar-refractivity contribution is -0.115. The van der Waals surface area contributed by atoms with Crippen LogP contribution in [0.3, 0.4) is 0 Å². The smallest absolute Gasteiger partial charge is 0.250 e. The summed E-state index contributed by atoms with van der Waals surface area (Å²) in [6, 6.07) is 24.0. The van der Waals surface area contributed by atoms with E-state index in [9.17, 15) is 4.79 Å². The number of aryl methyl sites for hydroxylation is 1. The zero-order chi connectivity index (χ0) is 33.2. The molecule has 6 nitrogen and oxygen atoms in total. The van der Waals surface area contributed by atoms with Crippen LogP contribution in [0.4, 0.5) is 5.82 Å². The molecule has 238 valence electrons. The Morgan fingerprint density at radius 1 is 0.711 bits per heavy atom. The third-order valence-electron chi connectivity index (χ3n) is 9.15. The van der Waals surface area contributed by atoms with Crippen molar-refractivity contribution in [3.8, 4) is 34.0 Å². The number of hydrogen-bond donors (Lipinski definition) is 1. The molecule has 4 aromatic rings. The third kappa shape index (κ3) is 8.49. The zero-order valence-corrected chi connectivity index (χ0v) is 30.8. The third-order valence-corrected chi connectivity index (χ3v) is 17.9. The molecule has 0 unspecified atom stereocenters. The van der Waals surface area contributed by atoms with Gasteiger partial charge < -0.3 is 14.2 Å². The lowest BCUT2D eigenvalue weighted by Gasteiger charge is -2.36. The fourth-order valence-electron chi connectivity index (χ4n) is 4.16. The molecule has 0 radical (unpaired) electrons. The van der Waals surface area contributed by atoms with Gasteiger partial charge in [-0.3, -0.25) is 4.79 Å². The van der Waals surface area contributed by atoms with E-state index in [-0.39, 0.29) is 22.4 Å². The summed E-state index contributed by atoms with van der Waals surface area (Å²) in [6.07, 6.45) is 1.92. The second kappa shape index (κ2) is 12.9. The van der Waals surface area contributed by atoms with Gasteiger partial charge in [-0.25, -0.2) is 9.97 Å². The molecule has 0 aliphatic heterocycles. The predicted molar refractivity (Wildman–Crippen MR) is 192 cm³/mol. The monoisotopic (exact) mass is 639 g/mol. The van der Waals surface area contributed by atoms with Crippen LogP contribution < -0.4 is 14.2 Å². The molecular weight excluding hydrogens is 591 g/mol. The number of anilines is 1. The molecule has 0 aliphatic rings. The summed E-state index contributed by atoms with van der Waals surface area (Å²) in [5.74, 6) is 1.93. The van der Waals surface area contributed by atoms with E-state index in [2.05, 4.69) is 92.1 Å². The van der Waals surface area contributed by atoms with Crippen LogP contribution in [0.25, 0.3) is 22.5 Å². The van der Waals surface area contributed by atoms with Crippen molar-refractivity contribution in [3.05, 3.63) is 90.1 Å². The molecule has 8 heteroatoms. The standard InChI is InChI=1S/C37H49N3O3Si2/c1-26-12-16-28(17-13-26)32-25-38-35(34(39-32)29-18-22-31(23-19-29)43-45(10,11)37(5,6)7)40-33(41)24-27-14-20-30(21-15-27)42-44(8,9)36(2,3)4/h12-23,25H,24H2,1-11H3,(H,38,40,41). The molecule has 4 rings (SSSR count). The molecule has 0 atom stereocenters. The number of nitrogens with one attached hydrogen (secondary N) is 1. The molecule has 0 aliphatic carbocycles. The number of hydrogen-bond acceptors (Lipinski definition) is 5. The molecule has 1 aromatic heterocycles. The van der Waals surface area contributed by atoms with Crippen molar-refractivity contribution in [1.82, 2.24) is 9.97 Å². The van der Waals surface area contributed by atoms with Gasteiger partial charge in [0.1, 0.15) is 17.2 Å². The van der Waals surface area contributed by atoms with E-state index in [1.807, 2.05) is 60.7 Å². The molecule has 1 heterocycles. The minimum atomic E-state index is -1.99. The number of carbonyl (C=O) groups is 1. The minimum absolute atomic E-state index is 0.0923. The van der Waals surface area contributed by atoms with E-state index in [1.165, 1.54) is 5.56 Å². The van der Waals surface area contributed by atoms with Crippen molar-refractivity contribution in [1.29, 1.82) is 0 Å². The van der Waals surface area contributed by atoms with Crippen LogP contribution in [0.5, 0.6) is 11.5 Å². The average molecular weight is 640 g/mol. The van der Waals surface area contributed by atoms with Crippen LogP contribution in [0.15, 0.2) is 79.0 Å².